The van der Waals surface area contributed by atoms with Crippen LogP contribution in [0.3, 0.4) is 0 Å². The van der Waals surface area contributed by atoms with Gasteiger partial charge in [0.2, 0.25) is 0 Å². The summed E-state index contributed by atoms with van der Waals surface area (Å²) in [5, 5.41) is 3.64. The summed E-state index contributed by atoms with van der Waals surface area (Å²) in [6, 6.07) is 0. The first-order chi connectivity index (χ1) is 6.23. The number of rotatable bonds is 6. The Labute approximate surface area is 82.3 Å². The maximum Gasteiger partial charge on any atom is 0.00105 e. The van der Waals surface area contributed by atoms with Crippen molar-refractivity contribution < 1.29 is 0 Å². The summed E-state index contributed by atoms with van der Waals surface area (Å²) in [5.74, 6) is 1.96. The van der Waals surface area contributed by atoms with E-state index in [0.717, 1.165) is 17.3 Å². The molecule has 0 unspecified atom stereocenters. The van der Waals surface area contributed by atoms with Crippen LogP contribution in [-0.2, 0) is 0 Å². The minimum Gasteiger partial charge on any atom is -0.316 e. The van der Waals surface area contributed by atoms with E-state index in [9.17, 15) is 0 Å². The van der Waals surface area contributed by atoms with Crippen molar-refractivity contribution in [3.05, 3.63) is 0 Å². The second-order valence-corrected chi connectivity index (χ2v) is 5.50. The Balaban J connectivity index is 1.57. The second-order valence-electron chi connectivity index (χ2n) is 5.50. The van der Waals surface area contributed by atoms with Crippen LogP contribution in [-0.4, -0.2) is 13.1 Å². The SMILES string of the molecule is CC(C)CCNCC1(C2CC2)CC1. The zero-order valence-electron chi connectivity index (χ0n) is 9.10. The number of hydrogen-bond donors (Lipinski definition) is 1. The molecule has 0 spiro atoms. The van der Waals surface area contributed by atoms with Gasteiger partial charge in [-0.1, -0.05) is 13.8 Å². The molecule has 2 rings (SSSR count). The average molecular weight is 181 g/mol. The molecule has 2 aliphatic rings. The van der Waals surface area contributed by atoms with Gasteiger partial charge in [0.05, 0.1) is 0 Å². The van der Waals surface area contributed by atoms with Crippen molar-refractivity contribution in [2.75, 3.05) is 13.1 Å². The normalized spacial score (nSPS) is 25.2. The van der Waals surface area contributed by atoms with Crippen LogP contribution in [0.5, 0.6) is 0 Å². The van der Waals surface area contributed by atoms with E-state index in [4.69, 9.17) is 0 Å². The highest BCUT2D eigenvalue weighted by atomic mass is 14.9. The zero-order valence-corrected chi connectivity index (χ0v) is 9.10. The molecule has 13 heavy (non-hydrogen) atoms. The standard InChI is InChI=1S/C12H23N/c1-10(2)5-8-13-9-12(6-7-12)11-3-4-11/h10-11,13H,3-9H2,1-2H3. The lowest BCUT2D eigenvalue weighted by Gasteiger charge is -2.15. The highest BCUT2D eigenvalue weighted by Crippen LogP contribution is 2.60. The summed E-state index contributed by atoms with van der Waals surface area (Å²) in [5.41, 5.74) is 0.789. The summed E-state index contributed by atoms with van der Waals surface area (Å²) >= 11 is 0. The Morgan fingerprint density at radius 3 is 2.46 bits per heavy atom. The Kier molecular flexibility index (Phi) is 2.64. The Morgan fingerprint density at radius 2 is 2.00 bits per heavy atom. The second kappa shape index (κ2) is 3.61. The van der Waals surface area contributed by atoms with E-state index in [-0.39, 0.29) is 0 Å². The van der Waals surface area contributed by atoms with Crippen molar-refractivity contribution in [3.8, 4) is 0 Å². The van der Waals surface area contributed by atoms with Gasteiger partial charge < -0.3 is 5.32 Å². The van der Waals surface area contributed by atoms with Crippen LogP contribution in [0.2, 0.25) is 0 Å². The lowest BCUT2D eigenvalue weighted by molar-refractivity contribution is 0.394. The van der Waals surface area contributed by atoms with Gasteiger partial charge >= 0.3 is 0 Å². The third-order valence-corrected chi connectivity index (χ3v) is 3.71. The monoisotopic (exact) mass is 181 g/mol. The van der Waals surface area contributed by atoms with Crippen molar-refractivity contribution in [3.63, 3.8) is 0 Å². The highest BCUT2D eigenvalue weighted by Gasteiger charge is 2.52. The highest BCUT2D eigenvalue weighted by molar-refractivity contribution is 5.04. The molecule has 0 saturated heterocycles. The molecule has 0 atom stereocenters. The quantitative estimate of drug-likeness (QED) is 0.621. The fraction of sp³-hybridized carbons (Fsp3) is 1.00. The van der Waals surface area contributed by atoms with Crippen LogP contribution in [0.1, 0.15) is 46.0 Å². The summed E-state index contributed by atoms with van der Waals surface area (Å²) in [6.07, 6.45) is 7.39. The minimum atomic E-state index is 0.789. The summed E-state index contributed by atoms with van der Waals surface area (Å²) in [4.78, 5) is 0. The maximum absolute atomic E-state index is 3.64. The molecule has 0 radical (unpaired) electrons. The van der Waals surface area contributed by atoms with E-state index in [1.165, 1.54) is 45.2 Å². The molecule has 76 valence electrons. The smallest absolute Gasteiger partial charge is 0.00105 e. The van der Waals surface area contributed by atoms with E-state index in [1.807, 2.05) is 0 Å². The van der Waals surface area contributed by atoms with Gasteiger partial charge in [-0.15, -0.1) is 0 Å². The Bertz CT molecular complexity index is 166. The average Bonchev–Trinajstić information content (AvgIpc) is 2.88. The third kappa shape index (κ3) is 2.46. The molecule has 0 amide bonds. The molecular weight excluding hydrogens is 158 g/mol. The van der Waals surface area contributed by atoms with Crippen LogP contribution in [0.25, 0.3) is 0 Å². The van der Waals surface area contributed by atoms with Crippen LogP contribution in [0, 0.1) is 17.3 Å². The van der Waals surface area contributed by atoms with Gasteiger partial charge in [0.1, 0.15) is 0 Å². The van der Waals surface area contributed by atoms with Crippen molar-refractivity contribution in [2.24, 2.45) is 17.3 Å². The van der Waals surface area contributed by atoms with Crippen LogP contribution < -0.4 is 5.32 Å². The molecule has 2 saturated carbocycles. The van der Waals surface area contributed by atoms with Gasteiger partial charge in [-0.05, 0) is 55.9 Å². The maximum atomic E-state index is 3.64. The van der Waals surface area contributed by atoms with Crippen molar-refractivity contribution in [1.29, 1.82) is 0 Å². The van der Waals surface area contributed by atoms with E-state index in [0.29, 0.717) is 0 Å². The van der Waals surface area contributed by atoms with Crippen LogP contribution >= 0.6 is 0 Å². The van der Waals surface area contributed by atoms with E-state index in [2.05, 4.69) is 19.2 Å². The van der Waals surface area contributed by atoms with Gasteiger partial charge in [-0.2, -0.15) is 0 Å². The molecule has 0 aliphatic heterocycles. The van der Waals surface area contributed by atoms with Gasteiger partial charge in [0, 0.05) is 6.54 Å². The molecule has 1 heteroatoms. The molecule has 1 N–H and O–H groups in total. The zero-order chi connectivity index (χ0) is 9.31. The lowest BCUT2D eigenvalue weighted by atomic mass is 10.0. The topological polar surface area (TPSA) is 12.0 Å². The molecule has 2 fully saturated rings. The first kappa shape index (κ1) is 9.51. The predicted molar refractivity (Wildman–Crippen MR) is 56.7 cm³/mol. The lowest BCUT2D eigenvalue weighted by Crippen LogP contribution is -2.26. The van der Waals surface area contributed by atoms with Gasteiger partial charge in [-0.3, -0.25) is 0 Å². The van der Waals surface area contributed by atoms with Crippen molar-refractivity contribution >= 4 is 0 Å². The van der Waals surface area contributed by atoms with Gasteiger partial charge in [-0.25, -0.2) is 0 Å². The molecule has 2 aliphatic carbocycles. The van der Waals surface area contributed by atoms with E-state index < -0.39 is 0 Å². The molecule has 0 aromatic rings. The number of hydrogen-bond acceptors (Lipinski definition) is 1. The van der Waals surface area contributed by atoms with Crippen LogP contribution in [0.15, 0.2) is 0 Å². The van der Waals surface area contributed by atoms with Crippen molar-refractivity contribution in [2.45, 2.75) is 46.0 Å². The first-order valence-electron chi connectivity index (χ1n) is 5.94. The molecule has 0 heterocycles. The molecular formula is C12H23N. The Hall–Kier alpha value is -0.0400. The molecule has 0 aromatic heterocycles. The number of nitrogens with one attached hydrogen (secondary N) is 1. The first-order valence-corrected chi connectivity index (χ1v) is 5.94. The van der Waals surface area contributed by atoms with E-state index >= 15 is 0 Å². The van der Waals surface area contributed by atoms with Gasteiger partial charge in [0.25, 0.3) is 0 Å². The van der Waals surface area contributed by atoms with E-state index in [1.54, 1.807) is 0 Å². The minimum absolute atomic E-state index is 0.789. The summed E-state index contributed by atoms with van der Waals surface area (Å²) < 4.78 is 0. The van der Waals surface area contributed by atoms with Gasteiger partial charge in [0.15, 0.2) is 0 Å². The predicted octanol–water partition coefficient (Wildman–Crippen LogP) is 2.81. The van der Waals surface area contributed by atoms with Crippen LogP contribution in [0.4, 0.5) is 0 Å². The summed E-state index contributed by atoms with van der Waals surface area (Å²) in [6.45, 7) is 7.14. The summed E-state index contributed by atoms with van der Waals surface area (Å²) in [7, 11) is 0. The fourth-order valence-corrected chi connectivity index (χ4v) is 2.31. The molecule has 0 bridgehead atoms. The fourth-order valence-electron chi connectivity index (χ4n) is 2.31. The Morgan fingerprint density at radius 1 is 1.31 bits per heavy atom. The largest absolute Gasteiger partial charge is 0.316 e. The molecule has 1 nitrogen and oxygen atoms in total. The van der Waals surface area contributed by atoms with Crippen molar-refractivity contribution in [1.82, 2.24) is 5.32 Å². The molecule has 0 aromatic carbocycles. The third-order valence-electron chi connectivity index (χ3n) is 3.71.